The van der Waals surface area contributed by atoms with E-state index in [1.165, 1.54) is 12.0 Å². The first kappa shape index (κ1) is 17.6. The van der Waals surface area contributed by atoms with Crippen LogP contribution < -0.4 is 0 Å². The molecule has 3 aromatic rings. The van der Waals surface area contributed by atoms with Crippen molar-refractivity contribution in [1.29, 1.82) is 0 Å². The largest absolute Gasteiger partial charge is 0.508 e. The summed E-state index contributed by atoms with van der Waals surface area (Å²) in [5.41, 5.74) is 2.19. The van der Waals surface area contributed by atoms with Gasteiger partial charge in [-0.15, -0.1) is 5.92 Å². The van der Waals surface area contributed by atoms with E-state index in [0.717, 1.165) is 35.7 Å². The van der Waals surface area contributed by atoms with Crippen molar-refractivity contribution in [2.75, 3.05) is 6.54 Å². The summed E-state index contributed by atoms with van der Waals surface area (Å²) in [7, 11) is 0. The van der Waals surface area contributed by atoms with E-state index in [1.807, 2.05) is 37.3 Å². The highest BCUT2D eigenvalue weighted by Gasteiger charge is 2.32. The van der Waals surface area contributed by atoms with E-state index in [1.54, 1.807) is 0 Å². The van der Waals surface area contributed by atoms with Gasteiger partial charge in [-0.1, -0.05) is 66.6 Å². The molecule has 136 valence electrons. The summed E-state index contributed by atoms with van der Waals surface area (Å²) in [5, 5.41) is 13.2. The molecule has 0 bridgehead atoms. The van der Waals surface area contributed by atoms with Crippen molar-refractivity contribution in [3.63, 3.8) is 0 Å². The topological polar surface area (TPSA) is 23.5 Å². The molecule has 2 heteroatoms. The third kappa shape index (κ3) is 3.44. The monoisotopic (exact) mass is 355 g/mol. The molecule has 0 aliphatic carbocycles. The molecule has 1 aliphatic rings. The van der Waals surface area contributed by atoms with Crippen LogP contribution >= 0.6 is 0 Å². The fraction of sp³-hybridized carbons (Fsp3) is 0.280. The second kappa shape index (κ2) is 7.86. The Labute approximate surface area is 161 Å². The van der Waals surface area contributed by atoms with Crippen molar-refractivity contribution in [3.8, 4) is 17.6 Å². The number of phenols is 1. The minimum absolute atomic E-state index is 0.0107. The van der Waals surface area contributed by atoms with Gasteiger partial charge in [0.1, 0.15) is 5.75 Å². The number of hydrogen-bond acceptors (Lipinski definition) is 2. The lowest BCUT2D eigenvalue weighted by Crippen LogP contribution is -2.41. The van der Waals surface area contributed by atoms with Gasteiger partial charge in [0.25, 0.3) is 0 Å². The summed E-state index contributed by atoms with van der Waals surface area (Å²) in [5.74, 6) is 6.90. The van der Waals surface area contributed by atoms with Crippen LogP contribution in [0.5, 0.6) is 5.75 Å². The number of hydrogen-bond donors (Lipinski definition) is 1. The summed E-state index contributed by atoms with van der Waals surface area (Å²) < 4.78 is 0. The van der Waals surface area contributed by atoms with Crippen LogP contribution in [-0.2, 0) is 0 Å². The van der Waals surface area contributed by atoms with Crippen LogP contribution in [0.15, 0.2) is 66.7 Å². The van der Waals surface area contributed by atoms with Crippen LogP contribution in [0.1, 0.15) is 43.4 Å². The molecule has 0 unspecified atom stereocenters. The molecule has 0 amide bonds. The highest BCUT2D eigenvalue weighted by Crippen LogP contribution is 2.41. The number of nitrogens with zero attached hydrogens (tertiary/aromatic N) is 1. The summed E-state index contributed by atoms with van der Waals surface area (Å²) in [4.78, 5) is 2.48. The van der Waals surface area contributed by atoms with Gasteiger partial charge in [-0.25, -0.2) is 0 Å². The summed E-state index contributed by atoms with van der Waals surface area (Å²) in [6, 6.07) is 22.9. The fourth-order valence-corrected chi connectivity index (χ4v) is 4.32. The molecule has 1 heterocycles. The molecule has 2 nitrogen and oxygen atoms in total. The van der Waals surface area contributed by atoms with Crippen molar-refractivity contribution >= 4 is 10.8 Å². The zero-order chi connectivity index (χ0) is 18.6. The van der Waals surface area contributed by atoms with Crippen LogP contribution in [-0.4, -0.2) is 22.6 Å². The summed E-state index contributed by atoms with van der Waals surface area (Å²) >= 11 is 0. The third-order valence-corrected chi connectivity index (χ3v) is 5.52. The summed E-state index contributed by atoms with van der Waals surface area (Å²) in [6.07, 6.45) is 3.45. The van der Waals surface area contributed by atoms with Crippen LogP contribution in [0.25, 0.3) is 10.8 Å². The number of likely N-dealkylation sites (tertiary alicyclic amines) is 1. The molecule has 0 radical (unpaired) electrons. The Balaban J connectivity index is 1.94. The van der Waals surface area contributed by atoms with Gasteiger partial charge in [0.2, 0.25) is 0 Å². The standard InChI is InChI=1S/C25H25NO/c1-2-10-21-14-8-9-18-26(21)25(20-12-4-3-5-13-20)24-22-15-7-6-11-19(22)16-17-23(24)27/h3-7,11-13,15-17,21,25,27H,8-9,14,18H2,1H3/t21-,25-/m1/s1. The van der Waals surface area contributed by atoms with Crippen molar-refractivity contribution in [3.05, 3.63) is 77.9 Å². The fourth-order valence-electron chi connectivity index (χ4n) is 4.32. The van der Waals surface area contributed by atoms with Gasteiger partial charge in [0, 0.05) is 12.1 Å². The Morgan fingerprint density at radius 2 is 1.74 bits per heavy atom. The van der Waals surface area contributed by atoms with Gasteiger partial charge in [-0.2, -0.15) is 0 Å². The Hall–Kier alpha value is -2.76. The molecule has 1 aliphatic heterocycles. The lowest BCUT2D eigenvalue weighted by Gasteiger charge is -2.40. The average molecular weight is 355 g/mol. The van der Waals surface area contributed by atoms with Crippen LogP contribution in [0.2, 0.25) is 0 Å². The molecule has 1 fully saturated rings. The Bertz CT molecular complexity index is 983. The van der Waals surface area contributed by atoms with E-state index < -0.39 is 0 Å². The Morgan fingerprint density at radius 3 is 2.56 bits per heavy atom. The first-order valence-corrected chi connectivity index (χ1v) is 9.73. The number of phenolic OH excluding ortho intramolecular Hbond substituents is 1. The molecule has 0 saturated carbocycles. The normalized spacial score (nSPS) is 18.6. The number of rotatable bonds is 3. The van der Waals surface area contributed by atoms with E-state index >= 15 is 0 Å². The number of aromatic hydroxyl groups is 1. The maximum absolute atomic E-state index is 10.9. The average Bonchev–Trinajstić information content (AvgIpc) is 2.72. The molecule has 0 aromatic heterocycles. The van der Waals surface area contributed by atoms with Gasteiger partial charge in [0.15, 0.2) is 0 Å². The highest BCUT2D eigenvalue weighted by molar-refractivity contribution is 5.88. The molecule has 1 N–H and O–H groups in total. The van der Waals surface area contributed by atoms with Crippen molar-refractivity contribution in [2.24, 2.45) is 0 Å². The maximum atomic E-state index is 10.9. The van der Waals surface area contributed by atoms with E-state index in [2.05, 4.69) is 53.1 Å². The molecule has 3 aromatic carbocycles. The number of benzene rings is 3. The van der Waals surface area contributed by atoms with Crippen molar-refractivity contribution in [1.82, 2.24) is 4.90 Å². The van der Waals surface area contributed by atoms with Crippen LogP contribution in [0, 0.1) is 11.8 Å². The molecular formula is C25H25NO. The minimum atomic E-state index is -0.0107. The zero-order valence-corrected chi connectivity index (χ0v) is 15.7. The quantitative estimate of drug-likeness (QED) is 0.626. The molecular weight excluding hydrogens is 330 g/mol. The lowest BCUT2D eigenvalue weighted by atomic mass is 9.88. The zero-order valence-electron chi connectivity index (χ0n) is 15.7. The van der Waals surface area contributed by atoms with Crippen LogP contribution in [0.4, 0.5) is 0 Å². The second-order valence-corrected chi connectivity index (χ2v) is 7.18. The third-order valence-electron chi connectivity index (χ3n) is 5.52. The van der Waals surface area contributed by atoms with Crippen molar-refractivity contribution in [2.45, 2.75) is 38.3 Å². The number of piperidine rings is 1. The van der Waals surface area contributed by atoms with Crippen LogP contribution in [0.3, 0.4) is 0 Å². The first-order valence-electron chi connectivity index (χ1n) is 9.73. The smallest absolute Gasteiger partial charge is 0.121 e. The van der Waals surface area contributed by atoms with Gasteiger partial charge < -0.3 is 5.11 Å². The van der Waals surface area contributed by atoms with E-state index in [-0.39, 0.29) is 12.1 Å². The van der Waals surface area contributed by atoms with E-state index in [4.69, 9.17) is 0 Å². The summed E-state index contributed by atoms with van der Waals surface area (Å²) in [6.45, 7) is 2.90. The Kier molecular flexibility index (Phi) is 5.14. The minimum Gasteiger partial charge on any atom is -0.508 e. The van der Waals surface area contributed by atoms with Crippen molar-refractivity contribution < 1.29 is 5.11 Å². The molecule has 4 rings (SSSR count). The van der Waals surface area contributed by atoms with Gasteiger partial charge in [0.05, 0.1) is 12.1 Å². The molecule has 2 atom stereocenters. The predicted octanol–water partition coefficient (Wildman–Crippen LogP) is 5.51. The SMILES string of the molecule is CC#C[C@@H]1CCCCN1[C@H](c1ccccc1)c1c(O)ccc2ccccc12. The van der Waals surface area contributed by atoms with E-state index in [9.17, 15) is 5.11 Å². The van der Waals surface area contributed by atoms with Gasteiger partial charge in [-0.05, 0) is 48.6 Å². The molecule has 27 heavy (non-hydrogen) atoms. The van der Waals surface area contributed by atoms with Gasteiger partial charge in [-0.3, -0.25) is 4.90 Å². The maximum Gasteiger partial charge on any atom is 0.121 e. The molecule has 0 spiro atoms. The lowest BCUT2D eigenvalue weighted by molar-refractivity contribution is 0.147. The van der Waals surface area contributed by atoms with E-state index in [0.29, 0.717) is 5.75 Å². The Morgan fingerprint density at radius 1 is 0.963 bits per heavy atom. The molecule has 1 saturated heterocycles. The van der Waals surface area contributed by atoms with Gasteiger partial charge >= 0.3 is 0 Å². The highest BCUT2D eigenvalue weighted by atomic mass is 16.3. The first-order chi connectivity index (χ1) is 13.3. The predicted molar refractivity (Wildman–Crippen MR) is 112 cm³/mol. The second-order valence-electron chi connectivity index (χ2n) is 7.18. The number of fused-ring (bicyclic) bond motifs is 1.